The number of aromatic nitrogens is 2. The second-order valence-corrected chi connectivity index (χ2v) is 6.44. The maximum atomic E-state index is 13.6. The minimum Gasteiger partial charge on any atom is -0.352 e. The van der Waals surface area contributed by atoms with Crippen LogP contribution in [0.2, 0.25) is 0 Å². The van der Waals surface area contributed by atoms with Crippen LogP contribution in [0.25, 0.3) is 0 Å². The molecule has 0 spiro atoms. The Balaban J connectivity index is 1.50. The zero-order valence-electron chi connectivity index (χ0n) is 14.0. The molecular formula is C18H21FN4O2. The van der Waals surface area contributed by atoms with E-state index in [4.69, 9.17) is 0 Å². The van der Waals surface area contributed by atoms with Crippen molar-refractivity contribution >= 4 is 17.5 Å². The molecule has 0 bridgehead atoms. The molecule has 0 aliphatic heterocycles. The van der Waals surface area contributed by atoms with Crippen LogP contribution in [-0.2, 0) is 22.6 Å². The summed E-state index contributed by atoms with van der Waals surface area (Å²) in [6.07, 6.45) is 5.33. The standard InChI is InChI=1S/C18H21FN4O2/c1-12(13-6-7-13)21-18(25)11-23-10-15(9-20-23)22-17(24)8-14-4-2-3-5-16(14)19/h2-5,9-10,12-13H,6-8,11H2,1H3,(H,21,25)(H,22,24)/t12-/m0/s1. The number of hydrogen-bond donors (Lipinski definition) is 2. The quantitative estimate of drug-likeness (QED) is 0.808. The van der Waals surface area contributed by atoms with Crippen LogP contribution in [0.15, 0.2) is 36.7 Å². The summed E-state index contributed by atoms with van der Waals surface area (Å²) in [4.78, 5) is 24.0. The van der Waals surface area contributed by atoms with Gasteiger partial charge in [-0.15, -0.1) is 0 Å². The van der Waals surface area contributed by atoms with Crippen LogP contribution in [0.4, 0.5) is 10.1 Å². The second kappa shape index (κ2) is 7.46. The highest BCUT2D eigenvalue weighted by atomic mass is 19.1. The van der Waals surface area contributed by atoms with Crippen molar-refractivity contribution in [2.75, 3.05) is 5.32 Å². The zero-order valence-corrected chi connectivity index (χ0v) is 14.0. The minimum absolute atomic E-state index is 0.0583. The molecule has 132 valence electrons. The second-order valence-electron chi connectivity index (χ2n) is 6.44. The van der Waals surface area contributed by atoms with Crippen LogP contribution < -0.4 is 10.6 Å². The van der Waals surface area contributed by atoms with Gasteiger partial charge in [0.2, 0.25) is 11.8 Å². The highest BCUT2D eigenvalue weighted by molar-refractivity contribution is 5.92. The van der Waals surface area contributed by atoms with E-state index in [1.807, 2.05) is 6.92 Å². The number of halogens is 1. The van der Waals surface area contributed by atoms with Gasteiger partial charge in [-0.05, 0) is 37.3 Å². The van der Waals surface area contributed by atoms with Crippen molar-refractivity contribution < 1.29 is 14.0 Å². The van der Waals surface area contributed by atoms with E-state index in [1.54, 1.807) is 24.4 Å². The summed E-state index contributed by atoms with van der Waals surface area (Å²) in [5, 5.41) is 9.68. The molecule has 1 aliphatic rings. The molecular weight excluding hydrogens is 323 g/mol. The lowest BCUT2D eigenvalue weighted by Gasteiger charge is -2.12. The van der Waals surface area contributed by atoms with Gasteiger partial charge < -0.3 is 10.6 Å². The molecule has 1 saturated carbocycles. The van der Waals surface area contributed by atoms with Crippen LogP contribution in [0.3, 0.4) is 0 Å². The van der Waals surface area contributed by atoms with Gasteiger partial charge in [0.1, 0.15) is 12.4 Å². The molecule has 7 heteroatoms. The number of nitrogens with one attached hydrogen (secondary N) is 2. The van der Waals surface area contributed by atoms with Gasteiger partial charge in [-0.3, -0.25) is 14.3 Å². The van der Waals surface area contributed by atoms with Crippen molar-refractivity contribution in [1.29, 1.82) is 0 Å². The highest BCUT2D eigenvalue weighted by Gasteiger charge is 2.28. The van der Waals surface area contributed by atoms with E-state index in [9.17, 15) is 14.0 Å². The Bertz CT molecular complexity index is 770. The Hall–Kier alpha value is -2.70. The van der Waals surface area contributed by atoms with Crippen LogP contribution in [0, 0.1) is 11.7 Å². The summed E-state index contributed by atoms with van der Waals surface area (Å²) in [6.45, 7) is 2.10. The first-order chi connectivity index (χ1) is 12.0. The van der Waals surface area contributed by atoms with Crippen LogP contribution in [0.5, 0.6) is 0 Å². The van der Waals surface area contributed by atoms with E-state index in [2.05, 4.69) is 15.7 Å². The molecule has 2 amide bonds. The summed E-state index contributed by atoms with van der Waals surface area (Å²) < 4.78 is 15.0. The van der Waals surface area contributed by atoms with Crippen molar-refractivity contribution in [3.05, 3.63) is 48.0 Å². The fourth-order valence-corrected chi connectivity index (χ4v) is 2.70. The predicted octanol–water partition coefficient (Wildman–Crippen LogP) is 2.12. The smallest absolute Gasteiger partial charge is 0.241 e. The average Bonchev–Trinajstić information content (AvgIpc) is 3.32. The third-order valence-electron chi connectivity index (χ3n) is 4.25. The zero-order chi connectivity index (χ0) is 17.8. The molecule has 25 heavy (non-hydrogen) atoms. The van der Waals surface area contributed by atoms with E-state index in [1.165, 1.54) is 29.8 Å². The van der Waals surface area contributed by atoms with E-state index < -0.39 is 5.82 Å². The van der Waals surface area contributed by atoms with E-state index >= 15 is 0 Å². The number of amides is 2. The molecule has 1 aromatic carbocycles. The molecule has 2 aromatic rings. The third-order valence-corrected chi connectivity index (χ3v) is 4.25. The van der Waals surface area contributed by atoms with Gasteiger partial charge in [0.15, 0.2) is 0 Å². The van der Waals surface area contributed by atoms with Gasteiger partial charge in [0.25, 0.3) is 0 Å². The lowest BCUT2D eigenvalue weighted by atomic mass is 10.1. The van der Waals surface area contributed by atoms with E-state index in [0.29, 0.717) is 17.2 Å². The van der Waals surface area contributed by atoms with Crippen LogP contribution >= 0.6 is 0 Å². The lowest BCUT2D eigenvalue weighted by Crippen LogP contribution is -2.36. The molecule has 1 heterocycles. The van der Waals surface area contributed by atoms with Gasteiger partial charge in [-0.25, -0.2) is 4.39 Å². The predicted molar refractivity (Wildman–Crippen MR) is 91.3 cm³/mol. The highest BCUT2D eigenvalue weighted by Crippen LogP contribution is 2.32. The average molecular weight is 344 g/mol. The van der Waals surface area contributed by atoms with Gasteiger partial charge in [-0.2, -0.15) is 5.10 Å². The van der Waals surface area contributed by atoms with Crippen LogP contribution in [-0.4, -0.2) is 27.6 Å². The maximum absolute atomic E-state index is 13.6. The fourth-order valence-electron chi connectivity index (χ4n) is 2.70. The first-order valence-corrected chi connectivity index (χ1v) is 8.36. The summed E-state index contributed by atoms with van der Waals surface area (Å²) in [6, 6.07) is 6.34. The monoisotopic (exact) mass is 344 g/mol. The molecule has 1 aromatic heterocycles. The van der Waals surface area contributed by atoms with Crippen molar-refractivity contribution in [2.24, 2.45) is 5.92 Å². The largest absolute Gasteiger partial charge is 0.352 e. The molecule has 1 atom stereocenters. The Morgan fingerprint density at radius 1 is 1.32 bits per heavy atom. The fraction of sp³-hybridized carbons (Fsp3) is 0.389. The van der Waals surface area contributed by atoms with Crippen LogP contribution in [0.1, 0.15) is 25.3 Å². The molecule has 0 unspecified atom stereocenters. The molecule has 6 nitrogen and oxygen atoms in total. The number of benzene rings is 1. The SMILES string of the molecule is C[C@H](NC(=O)Cn1cc(NC(=O)Cc2ccccc2F)cn1)C1CC1. The summed E-state index contributed by atoms with van der Waals surface area (Å²) in [7, 11) is 0. The first kappa shape index (κ1) is 17.1. The third kappa shape index (κ3) is 4.89. The van der Waals surface area contributed by atoms with E-state index in [0.717, 1.165) is 0 Å². The topological polar surface area (TPSA) is 76.0 Å². The molecule has 2 N–H and O–H groups in total. The normalized spacial score (nSPS) is 14.8. The summed E-state index contributed by atoms with van der Waals surface area (Å²) in [5.41, 5.74) is 0.810. The number of carbonyl (C=O) groups is 2. The summed E-state index contributed by atoms with van der Waals surface area (Å²) in [5.74, 6) is -0.257. The number of nitrogens with zero attached hydrogens (tertiary/aromatic N) is 2. The van der Waals surface area contributed by atoms with E-state index in [-0.39, 0.29) is 30.8 Å². The van der Waals surface area contributed by atoms with Crippen molar-refractivity contribution in [3.8, 4) is 0 Å². The Morgan fingerprint density at radius 3 is 2.80 bits per heavy atom. The first-order valence-electron chi connectivity index (χ1n) is 8.36. The van der Waals surface area contributed by atoms with Crippen molar-refractivity contribution in [3.63, 3.8) is 0 Å². The number of hydrogen-bond acceptors (Lipinski definition) is 3. The number of anilines is 1. The maximum Gasteiger partial charge on any atom is 0.241 e. The molecule has 1 fully saturated rings. The van der Waals surface area contributed by atoms with Gasteiger partial charge in [0.05, 0.1) is 18.3 Å². The Morgan fingerprint density at radius 2 is 2.08 bits per heavy atom. The molecule has 1 aliphatic carbocycles. The lowest BCUT2D eigenvalue weighted by molar-refractivity contribution is -0.122. The number of carbonyl (C=O) groups excluding carboxylic acids is 2. The van der Waals surface area contributed by atoms with Gasteiger partial charge in [-0.1, -0.05) is 18.2 Å². The van der Waals surface area contributed by atoms with Gasteiger partial charge in [0, 0.05) is 12.2 Å². The Labute approximate surface area is 145 Å². The molecule has 3 rings (SSSR count). The van der Waals surface area contributed by atoms with Crippen molar-refractivity contribution in [2.45, 2.75) is 38.8 Å². The molecule has 0 radical (unpaired) electrons. The Kier molecular flexibility index (Phi) is 5.11. The van der Waals surface area contributed by atoms with Crippen molar-refractivity contribution in [1.82, 2.24) is 15.1 Å². The number of rotatable bonds is 7. The minimum atomic E-state index is -0.408. The molecule has 0 saturated heterocycles. The van der Waals surface area contributed by atoms with Gasteiger partial charge >= 0.3 is 0 Å². The summed E-state index contributed by atoms with van der Waals surface area (Å²) >= 11 is 0.